The Labute approximate surface area is 99.8 Å². The van der Waals surface area contributed by atoms with Gasteiger partial charge in [-0.1, -0.05) is 18.2 Å². The summed E-state index contributed by atoms with van der Waals surface area (Å²) >= 11 is 0. The van der Waals surface area contributed by atoms with Crippen molar-refractivity contribution < 1.29 is 8.81 Å². The molecule has 0 aliphatic carbocycles. The van der Waals surface area contributed by atoms with Crippen molar-refractivity contribution in [3.05, 3.63) is 35.6 Å². The van der Waals surface area contributed by atoms with Gasteiger partial charge in [-0.25, -0.2) is 4.39 Å². The van der Waals surface area contributed by atoms with E-state index in [1.165, 1.54) is 0 Å². The first-order valence-corrected chi connectivity index (χ1v) is 6.12. The number of fused-ring (bicyclic) bond motifs is 1. The van der Waals surface area contributed by atoms with E-state index in [0.717, 1.165) is 35.9 Å². The van der Waals surface area contributed by atoms with Crippen LogP contribution < -0.4 is 5.32 Å². The van der Waals surface area contributed by atoms with Crippen molar-refractivity contribution >= 4 is 11.0 Å². The van der Waals surface area contributed by atoms with E-state index in [-0.39, 0.29) is 6.04 Å². The smallest absolute Gasteiger partial charge is 0.173 e. The van der Waals surface area contributed by atoms with Gasteiger partial charge in [0.1, 0.15) is 11.3 Å². The minimum atomic E-state index is -1.04. The number of halogens is 1. The highest BCUT2D eigenvalue weighted by Gasteiger charge is 2.28. The Morgan fingerprint density at radius 3 is 3.06 bits per heavy atom. The Kier molecular flexibility index (Phi) is 2.63. The second-order valence-electron chi connectivity index (χ2n) is 4.75. The number of nitrogens with one attached hydrogen (secondary N) is 1. The Morgan fingerprint density at radius 2 is 2.35 bits per heavy atom. The highest BCUT2D eigenvalue weighted by Crippen LogP contribution is 2.32. The molecule has 1 saturated heterocycles. The maximum Gasteiger partial charge on any atom is 0.173 e. The molecule has 17 heavy (non-hydrogen) atoms. The number of aryl methyl sites for hydroxylation is 1. The summed E-state index contributed by atoms with van der Waals surface area (Å²) in [6, 6.07) is 7.65. The molecule has 1 aliphatic rings. The average molecular weight is 233 g/mol. The molecule has 2 nitrogen and oxygen atoms in total. The van der Waals surface area contributed by atoms with Crippen LogP contribution in [0.15, 0.2) is 28.7 Å². The van der Waals surface area contributed by atoms with Crippen molar-refractivity contribution in [2.75, 3.05) is 6.54 Å². The van der Waals surface area contributed by atoms with E-state index >= 15 is 0 Å². The second-order valence-corrected chi connectivity index (χ2v) is 4.75. The molecular weight excluding hydrogens is 217 g/mol. The minimum Gasteiger partial charge on any atom is -0.458 e. The third kappa shape index (κ3) is 1.84. The first kappa shape index (κ1) is 10.8. The Hall–Kier alpha value is -1.35. The van der Waals surface area contributed by atoms with Gasteiger partial charge >= 0.3 is 0 Å². The molecule has 0 bridgehead atoms. The molecule has 2 heterocycles. The lowest BCUT2D eigenvalue weighted by molar-refractivity contribution is 0.234. The lowest BCUT2D eigenvalue weighted by Gasteiger charge is -2.13. The number of rotatable bonds is 2. The molecule has 2 unspecified atom stereocenters. The fourth-order valence-corrected chi connectivity index (χ4v) is 2.52. The molecule has 0 radical (unpaired) electrons. The summed E-state index contributed by atoms with van der Waals surface area (Å²) in [5.74, 6) is 0.453. The normalized spacial score (nSPS) is 22.1. The fourth-order valence-electron chi connectivity index (χ4n) is 2.52. The topological polar surface area (TPSA) is 25.2 Å². The van der Waals surface area contributed by atoms with Crippen LogP contribution in [0.25, 0.3) is 11.0 Å². The van der Waals surface area contributed by atoms with Crippen LogP contribution in [-0.4, -0.2) is 12.6 Å². The van der Waals surface area contributed by atoms with Crippen LogP contribution >= 0.6 is 0 Å². The van der Waals surface area contributed by atoms with Gasteiger partial charge in [-0.2, -0.15) is 0 Å². The number of furan rings is 1. The standard InChI is InChI=1S/C14H16FNO/c1-9-4-2-5-10-8-12(17-14(9)10)13(15)11-6-3-7-16-11/h2,4-5,8,11,13,16H,3,6-7H2,1H3. The summed E-state index contributed by atoms with van der Waals surface area (Å²) in [6.45, 7) is 2.89. The van der Waals surface area contributed by atoms with E-state index in [0.29, 0.717) is 5.76 Å². The molecule has 1 fully saturated rings. The minimum absolute atomic E-state index is 0.0872. The summed E-state index contributed by atoms with van der Waals surface area (Å²) < 4.78 is 19.9. The Morgan fingerprint density at radius 1 is 1.47 bits per heavy atom. The molecule has 1 aromatic heterocycles. The van der Waals surface area contributed by atoms with Crippen molar-refractivity contribution in [3.63, 3.8) is 0 Å². The zero-order chi connectivity index (χ0) is 11.8. The fraction of sp³-hybridized carbons (Fsp3) is 0.429. The molecule has 0 saturated carbocycles. The van der Waals surface area contributed by atoms with Crippen LogP contribution in [-0.2, 0) is 0 Å². The predicted octanol–water partition coefficient (Wildman–Crippen LogP) is 3.50. The quantitative estimate of drug-likeness (QED) is 0.858. The molecule has 2 atom stereocenters. The lowest BCUT2D eigenvalue weighted by Crippen LogP contribution is -2.26. The zero-order valence-corrected chi connectivity index (χ0v) is 9.87. The van der Waals surface area contributed by atoms with E-state index in [1.807, 2.05) is 31.2 Å². The molecule has 0 spiro atoms. The number of alkyl halides is 1. The summed E-state index contributed by atoms with van der Waals surface area (Å²) in [5, 5.41) is 4.17. The second kappa shape index (κ2) is 4.15. The zero-order valence-electron chi connectivity index (χ0n) is 9.87. The summed E-state index contributed by atoms with van der Waals surface area (Å²) in [7, 11) is 0. The number of para-hydroxylation sites is 1. The van der Waals surface area contributed by atoms with Crippen molar-refractivity contribution in [1.82, 2.24) is 5.32 Å². The molecular formula is C14H16FNO. The highest BCUT2D eigenvalue weighted by atomic mass is 19.1. The van der Waals surface area contributed by atoms with Gasteiger partial charge in [-0.15, -0.1) is 0 Å². The SMILES string of the molecule is Cc1cccc2cc(C(F)C3CCCN3)oc12. The number of hydrogen-bond acceptors (Lipinski definition) is 2. The van der Waals surface area contributed by atoms with Gasteiger partial charge in [0, 0.05) is 11.4 Å². The van der Waals surface area contributed by atoms with E-state index in [2.05, 4.69) is 5.32 Å². The van der Waals surface area contributed by atoms with Gasteiger partial charge in [0.15, 0.2) is 6.17 Å². The van der Waals surface area contributed by atoms with Crippen molar-refractivity contribution in [1.29, 1.82) is 0 Å². The molecule has 0 amide bonds. The summed E-state index contributed by atoms with van der Waals surface area (Å²) in [4.78, 5) is 0. The predicted molar refractivity (Wildman–Crippen MR) is 65.8 cm³/mol. The van der Waals surface area contributed by atoms with Crippen LogP contribution in [0.1, 0.15) is 30.3 Å². The molecule has 1 N–H and O–H groups in total. The third-order valence-corrected chi connectivity index (χ3v) is 3.48. The van der Waals surface area contributed by atoms with Crippen LogP contribution in [0.5, 0.6) is 0 Å². The van der Waals surface area contributed by atoms with Gasteiger partial charge in [-0.3, -0.25) is 0 Å². The van der Waals surface area contributed by atoms with Gasteiger partial charge in [0.25, 0.3) is 0 Å². The Bertz CT molecular complexity index is 528. The van der Waals surface area contributed by atoms with Crippen LogP contribution in [0.2, 0.25) is 0 Å². The monoisotopic (exact) mass is 233 g/mol. The molecule has 1 aromatic carbocycles. The molecule has 90 valence electrons. The lowest BCUT2D eigenvalue weighted by atomic mass is 10.1. The van der Waals surface area contributed by atoms with Crippen molar-refractivity contribution in [2.24, 2.45) is 0 Å². The maximum absolute atomic E-state index is 14.3. The van der Waals surface area contributed by atoms with Gasteiger partial charge in [0.05, 0.1) is 0 Å². The van der Waals surface area contributed by atoms with Gasteiger partial charge in [-0.05, 0) is 37.9 Å². The van der Waals surface area contributed by atoms with Crippen molar-refractivity contribution in [2.45, 2.75) is 32.0 Å². The summed E-state index contributed by atoms with van der Waals surface area (Å²) in [6.07, 6.45) is 0.894. The van der Waals surface area contributed by atoms with E-state index in [4.69, 9.17) is 4.42 Å². The molecule has 3 heteroatoms. The van der Waals surface area contributed by atoms with E-state index in [9.17, 15) is 4.39 Å². The molecule has 3 rings (SSSR count). The summed E-state index contributed by atoms with van der Waals surface area (Å²) in [5.41, 5.74) is 1.86. The van der Waals surface area contributed by atoms with Crippen molar-refractivity contribution in [3.8, 4) is 0 Å². The van der Waals surface area contributed by atoms with E-state index < -0.39 is 6.17 Å². The average Bonchev–Trinajstić information content (AvgIpc) is 2.98. The Balaban J connectivity index is 1.97. The van der Waals surface area contributed by atoms with Crippen LogP contribution in [0, 0.1) is 6.92 Å². The van der Waals surface area contributed by atoms with E-state index in [1.54, 1.807) is 0 Å². The van der Waals surface area contributed by atoms with Crippen LogP contribution in [0.3, 0.4) is 0 Å². The number of hydrogen-bond donors (Lipinski definition) is 1. The highest BCUT2D eigenvalue weighted by molar-refractivity contribution is 5.80. The van der Waals surface area contributed by atoms with Crippen LogP contribution in [0.4, 0.5) is 4.39 Å². The molecule has 1 aliphatic heterocycles. The largest absolute Gasteiger partial charge is 0.458 e. The third-order valence-electron chi connectivity index (χ3n) is 3.48. The first-order valence-electron chi connectivity index (χ1n) is 6.12. The van der Waals surface area contributed by atoms with Gasteiger partial charge < -0.3 is 9.73 Å². The number of benzene rings is 1. The first-order chi connectivity index (χ1) is 8.25. The maximum atomic E-state index is 14.3. The van der Waals surface area contributed by atoms with Gasteiger partial charge in [0.2, 0.25) is 0 Å². The molecule has 2 aromatic rings.